The Morgan fingerprint density at radius 3 is 2.84 bits per heavy atom. The van der Waals surface area contributed by atoms with Crippen LogP contribution >= 0.6 is 0 Å². The van der Waals surface area contributed by atoms with Crippen molar-refractivity contribution in [1.29, 1.82) is 0 Å². The summed E-state index contributed by atoms with van der Waals surface area (Å²) in [7, 11) is 1.81. The summed E-state index contributed by atoms with van der Waals surface area (Å²) in [6.07, 6.45) is 2.78. The fourth-order valence-electron chi connectivity index (χ4n) is 3.24. The van der Waals surface area contributed by atoms with E-state index in [4.69, 9.17) is 5.73 Å². The zero-order valence-electron chi connectivity index (χ0n) is 15.3. The highest BCUT2D eigenvalue weighted by molar-refractivity contribution is 5.77. The molecule has 1 heterocycles. The number of aryl methyl sites for hydroxylation is 1. The molecule has 1 aliphatic heterocycles. The van der Waals surface area contributed by atoms with Gasteiger partial charge in [-0.1, -0.05) is 24.3 Å². The molecule has 1 unspecified atom stereocenters. The molecule has 0 aliphatic carbocycles. The predicted molar refractivity (Wildman–Crippen MR) is 99.0 cm³/mol. The van der Waals surface area contributed by atoms with Gasteiger partial charge in [0.25, 0.3) is 0 Å². The van der Waals surface area contributed by atoms with Crippen molar-refractivity contribution in [2.45, 2.75) is 32.7 Å². The average molecular weight is 346 g/mol. The van der Waals surface area contributed by atoms with Crippen LogP contribution in [0.2, 0.25) is 0 Å². The number of rotatable bonds is 7. The first-order valence-corrected chi connectivity index (χ1v) is 9.02. The van der Waals surface area contributed by atoms with Crippen molar-refractivity contribution in [2.24, 2.45) is 11.7 Å². The van der Waals surface area contributed by atoms with Gasteiger partial charge in [0.2, 0.25) is 5.91 Å². The molecule has 138 valence electrons. The minimum atomic E-state index is -0.198. The highest BCUT2D eigenvalue weighted by Crippen LogP contribution is 2.16. The summed E-state index contributed by atoms with van der Waals surface area (Å²) in [5.74, 6) is -0.223. The maximum Gasteiger partial charge on any atom is 0.317 e. The third kappa shape index (κ3) is 6.05. The maximum absolute atomic E-state index is 12.2. The minimum absolute atomic E-state index is 0.0245. The molecule has 0 aromatic heterocycles. The fraction of sp³-hybridized carbons (Fsp3) is 0.579. The summed E-state index contributed by atoms with van der Waals surface area (Å²) in [5.41, 5.74) is 7.75. The van der Waals surface area contributed by atoms with E-state index in [2.05, 4.69) is 23.2 Å². The Labute approximate surface area is 150 Å². The molecule has 1 atom stereocenters. The normalized spacial score (nSPS) is 17.9. The van der Waals surface area contributed by atoms with E-state index < -0.39 is 0 Å². The predicted octanol–water partition coefficient (Wildman–Crippen LogP) is 1.72. The number of likely N-dealkylation sites (tertiary alicyclic amines) is 1. The summed E-state index contributed by atoms with van der Waals surface area (Å²) < 4.78 is 0. The summed E-state index contributed by atoms with van der Waals surface area (Å²) in [6, 6.07) is 8.04. The van der Waals surface area contributed by atoms with Gasteiger partial charge in [-0.2, -0.15) is 0 Å². The lowest BCUT2D eigenvalue weighted by molar-refractivity contribution is -0.123. The van der Waals surface area contributed by atoms with E-state index in [1.54, 1.807) is 4.90 Å². The number of primary amides is 1. The van der Waals surface area contributed by atoms with Gasteiger partial charge in [0.05, 0.1) is 5.92 Å². The maximum atomic E-state index is 12.2. The molecule has 0 spiro atoms. The molecule has 6 heteroatoms. The van der Waals surface area contributed by atoms with E-state index in [-0.39, 0.29) is 17.9 Å². The van der Waals surface area contributed by atoms with Gasteiger partial charge in [-0.25, -0.2) is 4.79 Å². The summed E-state index contributed by atoms with van der Waals surface area (Å²) in [6.45, 7) is 5.92. The van der Waals surface area contributed by atoms with E-state index >= 15 is 0 Å². The van der Waals surface area contributed by atoms with Gasteiger partial charge < -0.3 is 20.9 Å². The number of hydrogen-bond acceptors (Lipinski definition) is 3. The SMILES string of the molecule is Cc1ccccc1CN(C)C(=O)NCCCN1CCCC(C(N)=O)C1. The lowest BCUT2D eigenvalue weighted by Gasteiger charge is -2.31. The Hall–Kier alpha value is -2.08. The number of nitrogens with zero attached hydrogens (tertiary/aromatic N) is 2. The van der Waals surface area contributed by atoms with Gasteiger partial charge in [0.15, 0.2) is 0 Å². The molecule has 3 amide bonds. The molecule has 0 bridgehead atoms. The number of piperidine rings is 1. The first-order chi connectivity index (χ1) is 12.0. The first-order valence-electron chi connectivity index (χ1n) is 9.02. The number of nitrogens with one attached hydrogen (secondary N) is 1. The molecule has 0 radical (unpaired) electrons. The van der Waals surface area contributed by atoms with Crippen LogP contribution in [0, 0.1) is 12.8 Å². The third-order valence-electron chi connectivity index (χ3n) is 4.85. The van der Waals surface area contributed by atoms with Gasteiger partial charge in [-0.05, 0) is 50.4 Å². The van der Waals surface area contributed by atoms with E-state index in [9.17, 15) is 9.59 Å². The van der Waals surface area contributed by atoms with Crippen LogP contribution in [-0.2, 0) is 11.3 Å². The van der Waals surface area contributed by atoms with Crippen LogP contribution in [0.4, 0.5) is 4.79 Å². The zero-order valence-corrected chi connectivity index (χ0v) is 15.3. The number of benzene rings is 1. The van der Waals surface area contributed by atoms with Gasteiger partial charge in [0.1, 0.15) is 0 Å². The largest absolute Gasteiger partial charge is 0.369 e. The van der Waals surface area contributed by atoms with Crippen molar-refractivity contribution in [3.05, 3.63) is 35.4 Å². The van der Waals surface area contributed by atoms with Crippen LogP contribution < -0.4 is 11.1 Å². The van der Waals surface area contributed by atoms with Gasteiger partial charge in [-0.15, -0.1) is 0 Å². The molecule has 6 nitrogen and oxygen atoms in total. The molecule has 1 saturated heterocycles. The summed E-state index contributed by atoms with van der Waals surface area (Å²) in [5, 5.41) is 2.96. The van der Waals surface area contributed by atoms with E-state index in [0.717, 1.165) is 44.5 Å². The topological polar surface area (TPSA) is 78.7 Å². The average Bonchev–Trinajstić information content (AvgIpc) is 2.60. The highest BCUT2D eigenvalue weighted by Gasteiger charge is 2.23. The Bertz CT molecular complexity index is 591. The fourth-order valence-corrected chi connectivity index (χ4v) is 3.24. The summed E-state index contributed by atoms with van der Waals surface area (Å²) in [4.78, 5) is 27.5. The van der Waals surface area contributed by atoms with Crippen molar-refractivity contribution in [3.63, 3.8) is 0 Å². The number of hydrogen-bond donors (Lipinski definition) is 2. The number of carbonyl (C=O) groups is 2. The number of nitrogens with two attached hydrogens (primary N) is 1. The van der Waals surface area contributed by atoms with Gasteiger partial charge in [0, 0.05) is 26.7 Å². The molecule has 1 aliphatic rings. The number of carbonyl (C=O) groups excluding carboxylic acids is 2. The molecular formula is C19H30N4O2. The first kappa shape index (κ1) is 19.2. The number of amides is 3. The Kier molecular flexibility index (Phi) is 7.25. The molecule has 3 N–H and O–H groups in total. The second kappa shape index (κ2) is 9.42. The van der Waals surface area contributed by atoms with E-state index in [1.807, 2.05) is 25.2 Å². The molecule has 1 fully saturated rings. The van der Waals surface area contributed by atoms with E-state index in [1.165, 1.54) is 5.56 Å². The smallest absolute Gasteiger partial charge is 0.317 e. The second-order valence-electron chi connectivity index (χ2n) is 6.91. The van der Waals surface area contributed by atoms with Crippen molar-refractivity contribution >= 4 is 11.9 Å². The molecule has 0 saturated carbocycles. The lowest BCUT2D eigenvalue weighted by atomic mass is 9.97. The Morgan fingerprint density at radius 1 is 1.36 bits per heavy atom. The lowest BCUT2D eigenvalue weighted by Crippen LogP contribution is -2.42. The van der Waals surface area contributed by atoms with Crippen LogP contribution in [0.5, 0.6) is 0 Å². The molecule has 1 aromatic carbocycles. The molecule has 25 heavy (non-hydrogen) atoms. The Balaban J connectivity index is 1.66. The van der Waals surface area contributed by atoms with Crippen LogP contribution in [-0.4, -0.2) is 55.0 Å². The van der Waals surface area contributed by atoms with Crippen LogP contribution in [0.15, 0.2) is 24.3 Å². The van der Waals surface area contributed by atoms with Crippen LogP contribution in [0.25, 0.3) is 0 Å². The Morgan fingerprint density at radius 2 is 2.12 bits per heavy atom. The van der Waals surface area contributed by atoms with Crippen molar-refractivity contribution in [3.8, 4) is 0 Å². The van der Waals surface area contributed by atoms with Crippen molar-refractivity contribution in [2.75, 3.05) is 33.2 Å². The van der Waals surface area contributed by atoms with Crippen molar-refractivity contribution < 1.29 is 9.59 Å². The minimum Gasteiger partial charge on any atom is -0.369 e. The number of urea groups is 1. The van der Waals surface area contributed by atoms with Gasteiger partial charge >= 0.3 is 6.03 Å². The summed E-state index contributed by atoms with van der Waals surface area (Å²) >= 11 is 0. The molecule has 2 rings (SSSR count). The van der Waals surface area contributed by atoms with Gasteiger partial charge in [-0.3, -0.25) is 4.79 Å². The second-order valence-corrected chi connectivity index (χ2v) is 6.91. The monoisotopic (exact) mass is 346 g/mol. The quantitative estimate of drug-likeness (QED) is 0.738. The van der Waals surface area contributed by atoms with Crippen molar-refractivity contribution in [1.82, 2.24) is 15.1 Å². The van der Waals surface area contributed by atoms with Crippen LogP contribution in [0.1, 0.15) is 30.4 Å². The highest BCUT2D eigenvalue weighted by atomic mass is 16.2. The zero-order chi connectivity index (χ0) is 18.2. The standard InChI is InChI=1S/C19H30N4O2/c1-15-7-3-4-8-16(15)13-22(2)19(25)21-10-6-12-23-11-5-9-17(14-23)18(20)24/h3-4,7-8,17H,5-6,9-14H2,1-2H3,(H2,20,24)(H,21,25). The van der Waals surface area contributed by atoms with Crippen LogP contribution in [0.3, 0.4) is 0 Å². The molecular weight excluding hydrogens is 316 g/mol. The van der Waals surface area contributed by atoms with E-state index in [0.29, 0.717) is 13.1 Å². The molecule has 1 aromatic rings. The third-order valence-corrected chi connectivity index (χ3v) is 4.85.